The topological polar surface area (TPSA) is 108 Å². The predicted molar refractivity (Wildman–Crippen MR) is 163 cm³/mol. The number of esters is 2. The van der Waals surface area contributed by atoms with Crippen LogP contribution in [0.5, 0.6) is 23.0 Å². The largest absolute Gasteiger partial charge is 0.386 e. The van der Waals surface area contributed by atoms with Gasteiger partial charge in [-0.3, -0.25) is 0 Å². The molecule has 0 aromatic heterocycles. The second kappa shape index (κ2) is 10.2. The van der Waals surface area contributed by atoms with Gasteiger partial charge in [-0.05, 0) is 6.92 Å². The third kappa shape index (κ3) is 4.01. The summed E-state index contributed by atoms with van der Waals surface area (Å²) in [6.45, 7) is 22.3. The van der Waals surface area contributed by atoms with E-state index in [2.05, 4.69) is 31.1 Å². The number of hydrogen-bond acceptors (Lipinski definition) is 10. The number of hydrogen-bond donors (Lipinski definition) is 0. The van der Waals surface area contributed by atoms with E-state index in [1.54, 1.807) is 12.2 Å². The van der Waals surface area contributed by atoms with Gasteiger partial charge in [0.2, 0.25) is 0 Å². The fourth-order valence-corrected chi connectivity index (χ4v) is 15.1. The molecule has 0 amide bonds. The molecule has 6 aliphatic rings. The molecule has 8 rings (SSSR count). The summed E-state index contributed by atoms with van der Waals surface area (Å²) in [5.41, 5.74) is 0.370. The number of ether oxygens (including phenoxy) is 1. The van der Waals surface area contributed by atoms with E-state index in [0.717, 1.165) is 48.8 Å². The van der Waals surface area contributed by atoms with Crippen molar-refractivity contribution in [1.29, 1.82) is 0 Å². The van der Waals surface area contributed by atoms with Crippen LogP contribution < -0.4 is 17.7 Å². The molecule has 0 saturated carbocycles. The Labute approximate surface area is 256 Å². The Hall–Kier alpha value is -4.25. The van der Waals surface area contributed by atoms with Gasteiger partial charge < -0.3 is 4.74 Å². The van der Waals surface area contributed by atoms with Crippen molar-refractivity contribution in [2.75, 3.05) is 39.5 Å². The zero-order valence-corrected chi connectivity index (χ0v) is 26.5. The SMILES string of the molecule is C=CC(=C)[Si-]12(Oc3ccccc3O1)Oc1ccccc1O2.C=CC(=C)[Si-]123OCC[N+]1(CCO2)CCO3.CC1=CC(=O)OC1=O. The van der Waals surface area contributed by atoms with Gasteiger partial charge in [0, 0.05) is 11.6 Å². The predicted octanol–water partition coefficient (Wildman–Crippen LogP) is 4.18. The molecule has 44 heavy (non-hydrogen) atoms. The van der Waals surface area contributed by atoms with Gasteiger partial charge in [0.25, 0.3) is 0 Å². The number of benzene rings is 2. The average Bonchev–Trinajstić information content (AvgIpc) is 3.80. The first-order chi connectivity index (χ1) is 21.0. The van der Waals surface area contributed by atoms with Crippen molar-refractivity contribution in [1.82, 2.24) is 0 Å². The minimum atomic E-state index is -4.34. The third-order valence-corrected chi connectivity index (χ3v) is 18.0. The number of para-hydroxylation sites is 4. The third-order valence-electron chi connectivity index (χ3n) is 8.69. The Morgan fingerprint density at radius 1 is 0.727 bits per heavy atom. The minimum absolute atomic E-state index is 0.370. The molecule has 0 aliphatic carbocycles. The van der Waals surface area contributed by atoms with Crippen molar-refractivity contribution in [3.63, 3.8) is 0 Å². The van der Waals surface area contributed by atoms with Crippen molar-refractivity contribution in [2.45, 2.75) is 6.92 Å². The first-order valence-electron chi connectivity index (χ1n) is 14.2. The molecule has 11 nitrogen and oxygen atoms in total. The fraction of sp³-hybridized carbons (Fsp3) is 0.226. The monoisotopic (exact) mass is 636 g/mol. The number of carbonyl (C=O) groups is 2. The second-order valence-corrected chi connectivity index (χ2v) is 18.6. The van der Waals surface area contributed by atoms with Crippen molar-refractivity contribution in [2.24, 2.45) is 0 Å². The molecule has 232 valence electrons. The maximum absolute atomic E-state index is 10.3. The van der Waals surface area contributed by atoms with Crippen LogP contribution in [-0.4, -0.2) is 72.1 Å². The molecular weight excluding hydrogens is 603 g/mol. The summed E-state index contributed by atoms with van der Waals surface area (Å²) in [5.74, 6) is 1.24. The van der Waals surface area contributed by atoms with Gasteiger partial charge in [-0.15, -0.1) is 0 Å². The number of cyclic esters (lactones) is 2. The van der Waals surface area contributed by atoms with E-state index in [1.165, 1.54) is 13.0 Å². The zero-order valence-electron chi connectivity index (χ0n) is 24.5. The van der Waals surface area contributed by atoms with Crippen LogP contribution in [0.3, 0.4) is 0 Å². The van der Waals surface area contributed by atoms with Gasteiger partial charge in [-0.25, -0.2) is 9.59 Å². The van der Waals surface area contributed by atoms with Crippen LogP contribution in [0.2, 0.25) is 0 Å². The smallest absolute Gasteiger partial charge is 0.341 e. The molecule has 6 aliphatic heterocycles. The van der Waals surface area contributed by atoms with Crippen LogP contribution in [0, 0.1) is 0 Å². The Bertz CT molecular complexity index is 1520. The number of nitrogens with zero attached hydrogens (tertiary/aromatic N) is 1. The molecule has 2 aromatic rings. The maximum atomic E-state index is 10.3. The van der Waals surface area contributed by atoms with Gasteiger partial charge in [0.15, 0.2) is 0 Å². The molecule has 3 saturated heterocycles. The Morgan fingerprint density at radius 2 is 1.14 bits per heavy atom. The summed E-state index contributed by atoms with van der Waals surface area (Å²) in [6, 6.07) is 14.7. The zero-order chi connectivity index (χ0) is 31.3. The van der Waals surface area contributed by atoms with Crippen LogP contribution in [0.15, 0.2) is 109 Å². The Kier molecular flexibility index (Phi) is 6.88. The summed E-state index contributed by atoms with van der Waals surface area (Å²) < 4.78 is 47.4. The van der Waals surface area contributed by atoms with Gasteiger partial charge in [-0.2, -0.15) is 0 Å². The van der Waals surface area contributed by atoms with Crippen LogP contribution in [0.25, 0.3) is 0 Å². The molecule has 0 unspecified atom stereocenters. The van der Waals surface area contributed by atoms with E-state index in [0.29, 0.717) is 33.8 Å². The minimum Gasteiger partial charge on any atom is -0.386 e. The molecule has 1 spiro atoms. The van der Waals surface area contributed by atoms with E-state index in [1.807, 2.05) is 48.5 Å². The van der Waals surface area contributed by atoms with Crippen LogP contribution in [0.4, 0.5) is 0 Å². The number of carbonyl (C=O) groups excluding carboxylic acids is 2. The summed E-state index contributed by atoms with van der Waals surface area (Å²) in [4.78, 5) is 20.4. The summed E-state index contributed by atoms with van der Waals surface area (Å²) in [7, 11) is -7.72. The first kappa shape index (κ1) is 29.8. The van der Waals surface area contributed by atoms with Gasteiger partial charge in [-0.1, -0.05) is 0 Å². The van der Waals surface area contributed by atoms with Crippen molar-refractivity contribution in [3.8, 4) is 23.0 Å². The summed E-state index contributed by atoms with van der Waals surface area (Å²) in [5, 5.41) is 1.32. The summed E-state index contributed by atoms with van der Waals surface area (Å²) >= 11 is 0. The van der Waals surface area contributed by atoms with Gasteiger partial charge in [0.05, 0.1) is 0 Å². The molecule has 0 N–H and O–H groups in total. The van der Waals surface area contributed by atoms with E-state index < -0.39 is 28.5 Å². The fourth-order valence-electron chi connectivity index (χ4n) is 6.39. The number of allylic oxidation sites excluding steroid dienone is 4. The molecule has 2 aromatic carbocycles. The molecule has 0 radical (unpaired) electrons. The maximum Gasteiger partial charge on any atom is 0.341 e. The first-order valence-corrected chi connectivity index (χ1v) is 18.5. The van der Waals surface area contributed by atoms with E-state index in [4.69, 9.17) is 31.0 Å². The molecule has 6 heterocycles. The molecular formula is C31H34NO10Si2-. The molecule has 0 atom stereocenters. The standard InChI is InChI=1S/C16H13O4Si.C10H17NO3Si.C5H4O3/c1-3-12(2)21(17-13-8-4-5-9-14(13)18-21)19-15-10-6-7-11-16(15)20-21;1-3-10(2)15-11(4-7-12-15,5-8-13-15)6-9-14-15;1-3-2-4(6)8-5(3)7/h3-11H,1-2H2;3H,1-2,4-9H2;2H,1H3/q-1;;. The number of quaternary nitrogens is 1. The molecule has 3 fully saturated rings. The van der Waals surface area contributed by atoms with Crippen molar-refractivity contribution < 1.29 is 49.5 Å². The average molecular weight is 637 g/mol. The normalized spacial score (nSPS) is 27.6. The van der Waals surface area contributed by atoms with E-state index in [9.17, 15) is 9.59 Å². The van der Waals surface area contributed by atoms with E-state index >= 15 is 0 Å². The Balaban J connectivity index is 0.000000130. The van der Waals surface area contributed by atoms with Gasteiger partial charge >= 0.3 is 223 Å². The summed E-state index contributed by atoms with van der Waals surface area (Å²) in [6.07, 6.45) is 4.48. The van der Waals surface area contributed by atoms with Gasteiger partial charge in [0.1, 0.15) is 0 Å². The van der Waals surface area contributed by atoms with E-state index in [-0.39, 0.29) is 0 Å². The molecule has 13 heteroatoms. The number of fused-ring (bicyclic) bond motifs is 2. The van der Waals surface area contributed by atoms with Crippen molar-refractivity contribution >= 4 is 28.5 Å². The molecule has 0 bridgehead atoms. The van der Waals surface area contributed by atoms with Crippen LogP contribution >= 0.6 is 0 Å². The van der Waals surface area contributed by atoms with Crippen molar-refractivity contribution in [3.05, 3.63) is 109 Å². The Morgan fingerprint density at radius 3 is 1.43 bits per heavy atom. The van der Waals surface area contributed by atoms with Crippen LogP contribution in [0.1, 0.15) is 6.92 Å². The quantitative estimate of drug-likeness (QED) is 0.210. The van der Waals surface area contributed by atoms with Crippen LogP contribution in [-0.2, 0) is 27.6 Å². The number of rotatable bonds is 4. The second-order valence-electron chi connectivity index (χ2n) is 11.0.